The zero-order valence-corrected chi connectivity index (χ0v) is 9.76. The van der Waals surface area contributed by atoms with Crippen LogP contribution in [0.25, 0.3) is 0 Å². The lowest BCUT2D eigenvalue weighted by Crippen LogP contribution is -2.68. The molecule has 8 nitrogen and oxygen atoms in total. The molecule has 0 heterocycles. The molecular formula is C10H12O8. The summed E-state index contributed by atoms with van der Waals surface area (Å²) in [6.45, 7) is 0. The summed E-state index contributed by atoms with van der Waals surface area (Å²) in [6.07, 6.45) is -0.590. The van der Waals surface area contributed by atoms with Gasteiger partial charge in [0.2, 0.25) is 0 Å². The molecular weight excluding hydrogens is 248 g/mol. The predicted molar refractivity (Wildman–Crippen MR) is 53.4 cm³/mol. The smallest absolute Gasteiger partial charge is 0.325 e. The molecule has 0 aromatic rings. The van der Waals surface area contributed by atoms with Crippen LogP contribution in [0.15, 0.2) is 0 Å². The standard InChI is InChI=1S/C10H12O8/c1-17-7(15)9(5(11)12)3-4-10(9,6(13)14)8(16)18-2/h3-4H2,1-2H3,(H,11,12)(H,13,14). The summed E-state index contributed by atoms with van der Waals surface area (Å²) >= 11 is 0. The number of carboxylic acid groups (broad SMARTS) is 2. The van der Waals surface area contributed by atoms with Crippen molar-refractivity contribution in [1.82, 2.24) is 0 Å². The van der Waals surface area contributed by atoms with Gasteiger partial charge in [0.05, 0.1) is 14.2 Å². The van der Waals surface area contributed by atoms with Crippen LogP contribution in [0.1, 0.15) is 12.8 Å². The van der Waals surface area contributed by atoms with Gasteiger partial charge in [0.25, 0.3) is 0 Å². The summed E-state index contributed by atoms with van der Waals surface area (Å²) in [5, 5.41) is 18.3. The van der Waals surface area contributed by atoms with Crippen molar-refractivity contribution in [3.8, 4) is 0 Å². The molecule has 2 unspecified atom stereocenters. The Kier molecular flexibility index (Phi) is 3.32. The maximum atomic E-state index is 11.6. The fourth-order valence-electron chi connectivity index (χ4n) is 2.28. The van der Waals surface area contributed by atoms with Crippen molar-refractivity contribution in [2.24, 2.45) is 10.8 Å². The number of carboxylic acids is 2. The van der Waals surface area contributed by atoms with Gasteiger partial charge in [-0.2, -0.15) is 0 Å². The van der Waals surface area contributed by atoms with Crippen LogP contribution in [-0.4, -0.2) is 48.3 Å². The first kappa shape index (κ1) is 13.9. The maximum Gasteiger partial charge on any atom is 0.325 e. The molecule has 0 saturated heterocycles. The molecule has 18 heavy (non-hydrogen) atoms. The predicted octanol–water partition coefficient (Wildman–Crippen LogP) is -0.732. The van der Waals surface area contributed by atoms with Crippen LogP contribution in [0.2, 0.25) is 0 Å². The van der Waals surface area contributed by atoms with Crippen molar-refractivity contribution >= 4 is 23.9 Å². The fourth-order valence-corrected chi connectivity index (χ4v) is 2.28. The summed E-state index contributed by atoms with van der Waals surface area (Å²) in [6, 6.07) is 0. The Hall–Kier alpha value is -2.12. The number of methoxy groups -OCH3 is 2. The molecule has 2 atom stereocenters. The summed E-state index contributed by atoms with van der Waals surface area (Å²) in [4.78, 5) is 45.8. The quantitative estimate of drug-likeness (QED) is 0.500. The van der Waals surface area contributed by atoms with E-state index in [1.165, 1.54) is 0 Å². The number of carbonyl (C=O) groups is 4. The number of aliphatic carboxylic acids is 2. The van der Waals surface area contributed by atoms with Crippen molar-refractivity contribution in [3.63, 3.8) is 0 Å². The second-order valence-corrected chi connectivity index (χ2v) is 3.90. The van der Waals surface area contributed by atoms with Gasteiger partial charge in [-0.3, -0.25) is 19.2 Å². The molecule has 0 aromatic carbocycles. The molecule has 1 fully saturated rings. The Morgan fingerprint density at radius 3 is 1.22 bits per heavy atom. The first-order valence-electron chi connectivity index (χ1n) is 4.95. The van der Waals surface area contributed by atoms with Gasteiger partial charge in [-0.05, 0) is 12.8 Å². The lowest BCUT2D eigenvalue weighted by molar-refractivity contribution is -0.214. The molecule has 0 spiro atoms. The fraction of sp³-hybridized carbons (Fsp3) is 0.600. The molecule has 2 N–H and O–H groups in total. The Labute approximate surface area is 101 Å². The van der Waals surface area contributed by atoms with Crippen molar-refractivity contribution in [1.29, 1.82) is 0 Å². The maximum absolute atomic E-state index is 11.6. The van der Waals surface area contributed by atoms with E-state index in [1.807, 2.05) is 0 Å². The third-order valence-electron chi connectivity index (χ3n) is 3.40. The number of esters is 2. The van der Waals surface area contributed by atoms with E-state index >= 15 is 0 Å². The van der Waals surface area contributed by atoms with E-state index in [-0.39, 0.29) is 12.8 Å². The Morgan fingerprint density at radius 2 is 1.11 bits per heavy atom. The van der Waals surface area contributed by atoms with Gasteiger partial charge >= 0.3 is 23.9 Å². The van der Waals surface area contributed by atoms with Crippen LogP contribution in [0.4, 0.5) is 0 Å². The minimum atomic E-state index is -2.43. The van der Waals surface area contributed by atoms with Crippen LogP contribution >= 0.6 is 0 Å². The zero-order valence-electron chi connectivity index (χ0n) is 9.76. The number of hydrogen-bond acceptors (Lipinski definition) is 6. The highest BCUT2D eigenvalue weighted by Crippen LogP contribution is 2.58. The molecule has 1 rings (SSSR count). The van der Waals surface area contributed by atoms with E-state index in [0.717, 1.165) is 14.2 Å². The van der Waals surface area contributed by atoms with Gasteiger partial charge < -0.3 is 19.7 Å². The average Bonchev–Trinajstić information content (AvgIpc) is 2.27. The van der Waals surface area contributed by atoms with E-state index < -0.39 is 34.7 Å². The minimum Gasteiger partial charge on any atom is -0.480 e. The molecule has 0 aliphatic heterocycles. The highest BCUT2D eigenvalue weighted by atomic mass is 16.5. The zero-order chi connectivity index (χ0) is 14.1. The van der Waals surface area contributed by atoms with Crippen LogP contribution in [0.5, 0.6) is 0 Å². The molecule has 8 heteroatoms. The van der Waals surface area contributed by atoms with Gasteiger partial charge in [0.15, 0.2) is 10.8 Å². The summed E-state index contributed by atoms with van der Waals surface area (Å²) in [7, 11) is 1.85. The normalized spacial score (nSPS) is 29.9. The Morgan fingerprint density at radius 1 is 0.833 bits per heavy atom. The molecule has 1 aliphatic carbocycles. The first-order chi connectivity index (χ1) is 8.31. The summed E-state index contributed by atoms with van der Waals surface area (Å²) < 4.78 is 8.66. The van der Waals surface area contributed by atoms with Crippen LogP contribution in [0.3, 0.4) is 0 Å². The Balaban J connectivity index is 3.45. The average molecular weight is 260 g/mol. The molecule has 1 aliphatic rings. The van der Waals surface area contributed by atoms with E-state index in [4.69, 9.17) is 10.2 Å². The largest absolute Gasteiger partial charge is 0.480 e. The van der Waals surface area contributed by atoms with Gasteiger partial charge in [-0.1, -0.05) is 0 Å². The van der Waals surface area contributed by atoms with Crippen molar-refractivity contribution < 1.29 is 38.9 Å². The SMILES string of the molecule is COC(=O)C1(C(=O)O)CCC1(C(=O)O)C(=O)OC. The molecule has 1 saturated carbocycles. The van der Waals surface area contributed by atoms with Crippen LogP contribution < -0.4 is 0 Å². The van der Waals surface area contributed by atoms with Crippen LogP contribution in [0, 0.1) is 10.8 Å². The second-order valence-electron chi connectivity index (χ2n) is 3.90. The second kappa shape index (κ2) is 4.28. The van der Waals surface area contributed by atoms with Gasteiger partial charge in [0.1, 0.15) is 0 Å². The van der Waals surface area contributed by atoms with E-state index in [0.29, 0.717) is 0 Å². The number of ether oxygens (including phenoxy) is 2. The third-order valence-corrected chi connectivity index (χ3v) is 3.40. The monoisotopic (exact) mass is 260 g/mol. The highest BCUT2D eigenvalue weighted by Gasteiger charge is 2.78. The molecule has 0 aromatic heterocycles. The molecule has 100 valence electrons. The lowest BCUT2D eigenvalue weighted by atomic mass is 9.49. The lowest BCUT2D eigenvalue weighted by Gasteiger charge is -2.48. The molecule has 0 bridgehead atoms. The highest BCUT2D eigenvalue weighted by molar-refractivity contribution is 6.15. The number of rotatable bonds is 4. The topological polar surface area (TPSA) is 127 Å². The van der Waals surface area contributed by atoms with Gasteiger partial charge in [-0.15, -0.1) is 0 Å². The Bertz CT molecular complexity index is 388. The number of carbonyl (C=O) groups excluding carboxylic acids is 2. The van der Waals surface area contributed by atoms with Crippen molar-refractivity contribution in [3.05, 3.63) is 0 Å². The van der Waals surface area contributed by atoms with Crippen molar-refractivity contribution in [2.45, 2.75) is 12.8 Å². The summed E-state index contributed by atoms with van der Waals surface area (Å²) in [5.41, 5.74) is -4.86. The summed E-state index contributed by atoms with van der Waals surface area (Å²) in [5.74, 6) is -5.97. The van der Waals surface area contributed by atoms with Crippen LogP contribution in [-0.2, 0) is 28.7 Å². The van der Waals surface area contributed by atoms with Gasteiger partial charge in [-0.25, -0.2) is 0 Å². The van der Waals surface area contributed by atoms with E-state index in [9.17, 15) is 19.2 Å². The van der Waals surface area contributed by atoms with Gasteiger partial charge in [0, 0.05) is 0 Å². The minimum absolute atomic E-state index is 0.295. The first-order valence-corrected chi connectivity index (χ1v) is 4.95. The van der Waals surface area contributed by atoms with E-state index in [1.54, 1.807) is 0 Å². The number of hydrogen-bond donors (Lipinski definition) is 2. The van der Waals surface area contributed by atoms with E-state index in [2.05, 4.69) is 9.47 Å². The molecule has 0 amide bonds. The van der Waals surface area contributed by atoms with Crippen molar-refractivity contribution in [2.75, 3.05) is 14.2 Å². The third kappa shape index (κ3) is 1.31. The molecule has 0 radical (unpaired) electrons.